The van der Waals surface area contributed by atoms with Crippen LogP contribution in [0.25, 0.3) is 0 Å². The number of hydrogen-bond acceptors (Lipinski definition) is 0. The SMILES string of the molecule is F[Si-2](F)(F)(F)(F)F.[H+]. The summed E-state index contributed by atoms with van der Waals surface area (Å²) < 4.78 is 59.3. The van der Waals surface area contributed by atoms with Gasteiger partial charge in [-0.3, -0.25) is 0 Å². The molecule has 48 valence electrons. The second kappa shape index (κ2) is 0.609. The van der Waals surface area contributed by atoms with Crippen LogP contribution in [0, 0.1) is 0 Å². The minimum Gasteiger partial charge on any atom is 1.00 e. The normalized spacial score (nSPS) is 23.1. The van der Waals surface area contributed by atoms with Crippen molar-refractivity contribution in [2.24, 2.45) is 0 Å². The van der Waals surface area contributed by atoms with E-state index in [1.165, 1.54) is 0 Å². The third-order valence-electron chi connectivity index (χ3n) is 0. The number of rotatable bonds is 0. The second-order valence-electron chi connectivity index (χ2n) is 1.07. The van der Waals surface area contributed by atoms with Crippen LogP contribution in [-0.2, 0) is 0 Å². The molecule has 0 unspecified atom stereocenters. The molecule has 0 aliphatic rings. The van der Waals surface area contributed by atoms with Crippen molar-refractivity contribution in [1.29, 1.82) is 0 Å². The zero-order valence-electron chi connectivity index (χ0n) is 3.77. The molecule has 0 aromatic carbocycles. The van der Waals surface area contributed by atoms with E-state index in [9.17, 15) is 24.6 Å². The molecule has 0 aromatic heterocycles. The maximum absolute atomic E-state index is 10.8. The van der Waals surface area contributed by atoms with Crippen LogP contribution in [0.3, 0.4) is 0 Å². The summed E-state index contributed by atoms with van der Waals surface area (Å²) in [6.07, 6.45) is 0. The van der Waals surface area contributed by atoms with E-state index in [1.807, 2.05) is 0 Å². The van der Waals surface area contributed by atoms with Crippen molar-refractivity contribution >= 4 is 8.63 Å². The van der Waals surface area contributed by atoms with Gasteiger partial charge < -0.3 is 0 Å². The fraction of sp³-hybridized carbons (Fsp3) is 0. The first-order valence-corrected chi connectivity index (χ1v) is 3.40. The van der Waals surface area contributed by atoms with E-state index in [2.05, 4.69) is 0 Å². The van der Waals surface area contributed by atoms with Crippen molar-refractivity contribution in [1.82, 2.24) is 0 Å². The van der Waals surface area contributed by atoms with Gasteiger partial charge in [-0.2, -0.15) is 0 Å². The first-order chi connectivity index (χ1) is 2.45. The summed E-state index contributed by atoms with van der Waals surface area (Å²) in [7, 11) is -10.8. The second-order valence-corrected chi connectivity index (χ2v) is 3.21. The standard InChI is InChI=1S/F6Si/c1-7(2,3,4,5)6/q-2/p+1. The Morgan fingerprint density at radius 1 is 0.714 bits per heavy atom. The summed E-state index contributed by atoms with van der Waals surface area (Å²) in [5.74, 6) is 0. The van der Waals surface area contributed by atoms with Crippen molar-refractivity contribution in [3.05, 3.63) is 0 Å². The van der Waals surface area contributed by atoms with Crippen LogP contribution in [0.1, 0.15) is 1.43 Å². The van der Waals surface area contributed by atoms with Gasteiger partial charge in [0.2, 0.25) is 0 Å². The van der Waals surface area contributed by atoms with E-state index in [0.717, 1.165) is 0 Å². The maximum atomic E-state index is 9.88. The van der Waals surface area contributed by atoms with E-state index < -0.39 is 8.63 Å². The molecule has 0 radical (unpaired) electrons. The molecular weight excluding hydrogens is 142 g/mol. The van der Waals surface area contributed by atoms with Crippen LogP contribution in [0.15, 0.2) is 0 Å². The zero-order chi connectivity index (χ0) is 6.41. The predicted octanol–water partition coefficient (Wildman–Crippen LogP) is 2.25. The van der Waals surface area contributed by atoms with E-state index in [4.69, 9.17) is 0 Å². The Hall–Kier alpha value is -0.203. The van der Waals surface area contributed by atoms with Gasteiger partial charge in [0.15, 0.2) is 0 Å². The van der Waals surface area contributed by atoms with Gasteiger partial charge in [0.25, 0.3) is 0 Å². The quantitative estimate of drug-likeness (QED) is 0.277. The minimum atomic E-state index is -10.8. The van der Waals surface area contributed by atoms with E-state index in [1.54, 1.807) is 0 Å². The average Bonchev–Trinajstić information content (AvgIpc) is 0.592. The Balaban J connectivity index is 0. The molecule has 0 atom stereocenters. The molecule has 0 aliphatic carbocycles. The molecule has 0 saturated heterocycles. The van der Waals surface area contributed by atoms with Gasteiger partial charge >= 0.3 is 34.7 Å². The van der Waals surface area contributed by atoms with Gasteiger partial charge in [0, 0.05) is 0 Å². The van der Waals surface area contributed by atoms with Crippen LogP contribution in [0.2, 0.25) is 0 Å². The van der Waals surface area contributed by atoms with Gasteiger partial charge in [-0.25, -0.2) is 0 Å². The Bertz CT molecular complexity index is 67.1. The van der Waals surface area contributed by atoms with Crippen LogP contribution in [0.5, 0.6) is 0 Å². The summed E-state index contributed by atoms with van der Waals surface area (Å²) in [5, 5.41) is 0. The van der Waals surface area contributed by atoms with Gasteiger partial charge in [0.1, 0.15) is 0 Å². The molecule has 0 nitrogen and oxygen atoms in total. The van der Waals surface area contributed by atoms with E-state index in [0.29, 0.717) is 0 Å². The van der Waals surface area contributed by atoms with Gasteiger partial charge in [0.05, 0.1) is 0 Å². The molecule has 0 fully saturated rings. The van der Waals surface area contributed by atoms with Crippen LogP contribution in [0.4, 0.5) is 24.6 Å². The molecule has 0 saturated carbocycles. The van der Waals surface area contributed by atoms with Crippen LogP contribution >= 0.6 is 0 Å². The molecule has 0 spiro atoms. The molecule has 0 aliphatic heterocycles. The number of halogens is 6. The van der Waals surface area contributed by atoms with Gasteiger partial charge in [-0.05, 0) is 0 Å². The van der Waals surface area contributed by atoms with Crippen LogP contribution < -0.4 is 0 Å². The minimum absolute atomic E-state index is 0. The Labute approximate surface area is 36.1 Å². The average molecular weight is 143 g/mol. The largest absolute Gasteiger partial charge is 1.00 e. The fourth-order valence-electron chi connectivity index (χ4n) is 0. The molecule has 7 heteroatoms. The van der Waals surface area contributed by atoms with Gasteiger partial charge in [-0.1, -0.05) is 0 Å². The maximum Gasteiger partial charge on any atom is 1.00 e. The monoisotopic (exact) mass is 143 g/mol. The topological polar surface area (TPSA) is 0 Å². The molecule has 0 rings (SSSR count). The van der Waals surface area contributed by atoms with Crippen molar-refractivity contribution in [3.8, 4) is 0 Å². The fourth-order valence-corrected chi connectivity index (χ4v) is 0. The molecule has 0 aromatic rings. The summed E-state index contributed by atoms with van der Waals surface area (Å²) >= 11 is 0. The summed E-state index contributed by atoms with van der Waals surface area (Å²) in [6.45, 7) is 0. The van der Waals surface area contributed by atoms with Crippen molar-refractivity contribution in [2.75, 3.05) is 0 Å². The Kier molecular flexibility index (Phi) is 0.592. The van der Waals surface area contributed by atoms with E-state index in [-0.39, 0.29) is 1.43 Å². The van der Waals surface area contributed by atoms with Crippen molar-refractivity contribution < 1.29 is 26.1 Å². The number of hydrogen-bond donors (Lipinski definition) is 0. The van der Waals surface area contributed by atoms with Crippen LogP contribution in [-0.4, -0.2) is 8.63 Å². The Morgan fingerprint density at radius 2 is 0.714 bits per heavy atom. The first-order valence-electron chi connectivity index (χ1n) is 1.13. The summed E-state index contributed by atoms with van der Waals surface area (Å²) in [6, 6.07) is 0. The smallest absolute Gasteiger partial charge is 1.00 e. The summed E-state index contributed by atoms with van der Waals surface area (Å²) in [5.41, 5.74) is 0. The summed E-state index contributed by atoms with van der Waals surface area (Å²) in [4.78, 5) is 0. The van der Waals surface area contributed by atoms with Crippen molar-refractivity contribution in [2.45, 2.75) is 0 Å². The molecule has 0 bridgehead atoms. The third kappa shape index (κ3) is 2030. The zero-order valence-corrected chi connectivity index (χ0v) is 3.77. The van der Waals surface area contributed by atoms with Gasteiger partial charge in [-0.15, -0.1) is 0 Å². The Morgan fingerprint density at radius 3 is 0.714 bits per heavy atom. The third-order valence-corrected chi connectivity index (χ3v) is 0. The molecule has 0 N–H and O–H groups in total. The van der Waals surface area contributed by atoms with Crippen molar-refractivity contribution in [3.63, 3.8) is 0 Å². The molecule has 7 heavy (non-hydrogen) atoms. The predicted molar refractivity (Wildman–Crippen MR) is 13.5 cm³/mol. The first kappa shape index (κ1) is 6.80. The molecule has 0 heterocycles. The molecular formula is HF6Si-. The van der Waals surface area contributed by atoms with E-state index >= 15 is 0 Å². The molecule has 0 amide bonds.